The first-order valence-corrected chi connectivity index (χ1v) is 7.37. The predicted molar refractivity (Wildman–Crippen MR) is 75.8 cm³/mol. The van der Waals surface area contributed by atoms with Crippen LogP contribution in [0, 0.1) is 5.92 Å². The lowest BCUT2D eigenvalue weighted by atomic mass is 9.95. The number of anilines is 1. The van der Waals surface area contributed by atoms with Crippen LogP contribution in [-0.4, -0.2) is 24.4 Å². The molecule has 1 heterocycles. The van der Waals surface area contributed by atoms with E-state index in [1.807, 2.05) is 23.1 Å². The molecule has 112 valence electrons. The number of aliphatic hydroxyl groups excluding tert-OH is 1. The maximum absolute atomic E-state index is 12.7. The van der Waals surface area contributed by atoms with Crippen LogP contribution in [0.15, 0.2) is 22.7 Å². The highest BCUT2D eigenvalue weighted by atomic mass is 79.9. The standard InChI is InChI=1S/C14H17BrF3NO/c1-9(20)12-8-11(15)2-3-13(12)19-6-4-10(5-7-19)14(16,17)18/h2-3,8-10,20H,4-7H2,1H3. The minimum absolute atomic E-state index is 0.110. The number of hydrogen-bond donors (Lipinski definition) is 1. The van der Waals surface area contributed by atoms with Crippen LogP contribution in [0.25, 0.3) is 0 Å². The molecule has 2 rings (SSSR count). The van der Waals surface area contributed by atoms with Gasteiger partial charge in [0.15, 0.2) is 0 Å². The van der Waals surface area contributed by atoms with Gasteiger partial charge in [-0.25, -0.2) is 0 Å². The van der Waals surface area contributed by atoms with Gasteiger partial charge in [-0.1, -0.05) is 15.9 Å². The van der Waals surface area contributed by atoms with Crippen molar-refractivity contribution in [2.45, 2.75) is 32.0 Å². The van der Waals surface area contributed by atoms with Crippen molar-refractivity contribution >= 4 is 21.6 Å². The number of nitrogens with zero attached hydrogens (tertiary/aromatic N) is 1. The maximum atomic E-state index is 12.7. The summed E-state index contributed by atoms with van der Waals surface area (Å²) in [7, 11) is 0. The van der Waals surface area contributed by atoms with E-state index in [0.29, 0.717) is 13.1 Å². The fourth-order valence-electron chi connectivity index (χ4n) is 2.60. The van der Waals surface area contributed by atoms with E-state index < -0.39 is 18.2 Å². The van der Waals surface area contributed by atoms with Crippen LogP contribution in [0.3, 0.4) is 0 Å². The number of benzene rings is 1. The summed E-state index contributed by atoms with van der Waals surface area (Å²) in [5.41, 5.74) is 1.56. The molecule has 20 heavy (non-hydrogen) atoms. The SMILES string of the molecule is CC(O)c1cc(Br)ccc1N1CCC(C(F)(F)F)CC1. The van der Waals surface area contributed by atoms with Crippen molar-refractivity contribution in [3.8, 4) is 0 Å². The molecule has 1 saturated heterocycles. The third kappa shape index (κ3) is 3.47. The van der Waals surface area contributed by atoms with E-state index in [9.17, 15) is 18.3 Å². The molecule has 2 nitrogen and oxygen atoms in total. The molecule has 1 aromatic rings. The summed E-state index contributed by atoms with van der Waals surface area (Å²) in [4.78, 5) is 1.93. The number of halogens is 4. The summed E-state index contributed by atoms with van der Waals surface area (Å²) in [6.07, 6.45) is -4.53. The second-order valence-electron chi connectivity index (χ2n) is 5.18. The first kappa shape index (κ1) is 15.6. The van der Waals surface area contributed by atoms with Crippen molar-refractivity contribution in [1.82, 2.24) is 0 Å². The van der Waals surface area contributed by atoms with Crippen LogP contribution < -0.4 is 4.90 Å². The van der Waals surface area contributed by atoms with Crippen LogP contribution >= 0.6 is 15.9 Å². The number of alkyl halides is 3. The molecule has 1 fully saturated rings. The Morgan fingerprint density at radius 3 is 2.40 bits per heavy atom. The molecule has 1 atom stereocenters. The third-order valence-corrected chi connectivity index (χ3v) is 4.23. The summed E-state index contributed by atoms with van der Waals surface area (Å²) < 4.78 is 38.8. The Balaban J connectivity index is 2.15. The van der Waals surface area contributed by atoms with Gasteiger partial charge in [0, 0.05) is 28.8 Å². The summed E-state index contributed by atoms with van der Waals surface area (Å²) >= 11 is 3.35. The summed E-state index contributed by atoms with van der Waals surface area (Å²) in [5, 5.41) is 9.81. The molecular weight excluding hydrogens is 335 g/mol. The molecule has 0 amide bonds. The zero-order valence-electron chi connectivity index (χ0n) is 11.1. The number of piperidine rings is 1. The molecule has 1 aromatic carbocycles. The average molecular weight is 352 g/mol. The average Bonchev–Trinajstić information content (AvgIpc) is 2.37. The van der Waals surface area contributed by atoms with Gasteiger partial charge in [-0.05, 0) is 38.0 Å². The van der Waals surface area contributed by atoms with Gasteiger partial charge < -0.3 is 10.0 Å². The second-order valence-corrected chi connectivity index (χ2v) is 6.10. The van der Waals surface area contributed by atoms with Gasteiger partial charge in [-0.15, -0.1) is 0 Å². The quantitative estimate of drug-likeness (QED) is 0.859. The molecule has 0 bridgehead atoms. The Kier molecular flexibility index (Phi) is 4.64. The fraction of sp³-hybridized carbons (Fsp3) is 0.571. The van der Waals surface area contributed by atoms with Crippen LogP contribution in [0.4, 0.5) is 18.9 Å². The minimum Gasteiger partial charge on any atom is -0.389 e. The van der Waals surface area contributed by atoms with E-state index in [-0.39, 0.29) is 12.8 Å². The predicted octanol–water partition coefficient (Wildman–Crippen LogP) is 4.28. The largest absolute Gasteiger partial charge is 0.391 e. The van der Waals surface area contributed by atoms with E-state index >= 15 is 0 Å². The number of hydrogen-bond acceptors (Lipinski definition) is 2. The van der Waals surface area contributed by atoms with E-state index in [0.717, 1.165) is 15.7 Å². The first-order valence-electron chi connectivity index (χ1n) is 6.58. The van der Waals surface area contributed by atoms with Gasteiger partial charge in [-0.3, -0.25) is 0 Å². The highest BCUT2D eigenvalue weighted by molar-refractivity contribution is 9.10. The van der Waals surface area contributed by atoms with Gasteiger partial charge in [-0.2, -0.15) is 13.2 Å². The lowest BCUT2D eigenvalue weighted by molar-refractivity contribution is -0.179. The highest BCUT2D eigenvalue weighted by Gasteiger charge is 2.41. The zero-order chi connectivity index (χ0) is 14.9. The Bertz CT molecular complexity index is 468. The van der Waals surface area contributed by atoms with Crippen molar-refractivity contribution in [2.75, 3.05) is 18.0 Å². The van der Waals surface area contributed by atoms with Crippen molar-refractivity contribution in [3.05, 3.63) is 28.2 Å². The molecule has 1 N–H and O–H groups in total. The van der Waals surface area contributed by atoms with Gasteiger partial charge in [0.1, 0.15) is 0 Å². The fourth-order valence-corrected chi connectivity index (χ4v) is 2.97. The van der Waals surface area contributed by atoms with E-state index in [1.165, 1.54) is 0 Å². The zero-order valence-corrected chi connectivity index (χ0v) is 12.7. The molecule has 1 unspecified atom stereocenters. The van der Waals surface area contributed by atoms with Crippen LogP contribution in [-0.2, 0) is 0 Å². The van der Waals surface area contributed by atoms with Crippen molar-refractivity contribution in [2.24, 2.45) is 5.92 Å². The molecule has 1 aliphatic heterocycles. The summed E-state index contributed by atoms with van der Waals surface area (Å²) in [6.45, 7) is 2.39. The first-order chi connectivity index (χ1) is 9.29. The highest BCUT2D eigenvalue weighted by Crippen LogP contribution is 2.37. The van der Waals surface area contributed by atoms with Gasteiger partial charge in [0.25, 0.3) is 0 Å². The molecule has 0 radical (unpaired) electrons. The third-order valence-electron chi connectivity index (χ3n) is 3.74. The molecule has 0 spiro atoms. The second kappa shape index (κ2) is 5.93. The number of aliphatic hydroxyl groups is 1. The van der Waals surface area contributed by atoms with Crippen LogP contribution in [0.1, 0.15) is 31.4 Å². The Labute approximate surface area is 124 Å². The molecule has 0 aliphatic carbocycles. The van der Waals surface area contributed by atoms with Gasteiger partial charge in [0.2, 0.25) is 0 Å². The van der Waals surface area contributed by atoms with E-state index in [4.69, 9.17) is 0 Å². The Morgan fingerprint density at radius 2 is 1.90 bits per heavy atom. The normalized spacial score (nSPS) is 19.2. The summed E-state index contributed by atoms with van der Waals surface area (Å²) in [5.74, 6) is -1.20. The lowest BCUT2D eigenvalue weighted by Crippen LogP contribution is -2.39. The monoisotopic (exact) mass is 351 g/mol. The summed E-state index contributed by atoms with van der Waals surface area (Å²) in [6, 6.07) is 5.51. The molecule has 0 aromatic heterocycles. The van der Waals surface area contributed by atoms with E-state index in [1.54, 1.807) is 6.92 Å². The van der Waals surface area contributed by atoms with Crippen molar-refractivity contribution in [1.29, 1.82) is 0 Å². The van der Waals surface area contributed by atoms with Crippen molar-refractivity contribution < 1.29 is 18.3 Å². The topological polar surface area (TPSA) is 23.5 Å². The maximum Gasteiger partial charge on any atom is 0.391 e. The molecule has 6 heteroatoms. The number of rotatable bonds is 2. The Hall–Kier alpha value is -0.750. The van der Waals surface area contributed by atoms with Crippen LogP contribution in [0.5, 0.6) is 0 Å². The lowest BCUT2D eigenvalue weighted by Gasteiger charge is -2.35. The van der Waals surface area contributed by atoms with Crippen molar-refractivity contribution in [3.63, 3.8) is 0 Å². The van der Waals surface area contributed by atoms with Gasteiger partial charge in [0.05, 0.1) is 12.0 Å². The minimum atomic E-state index is -4.10. The van der Waals surface area contributed by atoms with Crippen LogP contribution in [0.2, 0.25) is 0 Å². The van der Waals surface area contributed by atoms with Gasteiger partial charge >= 0.3 is 6.18 Å². The van der Waals surface area contributed by atoms with E-state index in [2.05, 4.69) is 15.9 Å². The molecule has 0 saturated carbocycles. The molecular formula is C14H17BrF3NO. The molecule has 1 aliphatic rings. The Morgan fingerprint density at radius 1 is 1.30 bits per heavy atom. The smallest absolute Gasteiger partial charge is 0.389 e.